The standard InChI is InChI=1S/C7H10F3NO4/c1-3-4(12)11-6(14,5(13)15-2)7(8,9)10/h14H,3H2,1-2H3,(H,11,12)/t6-/m0/s1. The third-order valence-electron chi connectivity index (χ3n) is 1.53. The highest BCUT2D eigenvalue weighted by molar-refractivity contribution is 5.87. The summed E-state index contributed by atoms with van der Waals surface area (Å²) in [4.78, 5) is 21.4. The number of carbonyl (C=O) groups is 2. The monoisotopic (exact) mass is 229 g/mol. The molecule has 5 nitrogen and oxygen atoms in total. The molecule has 0 saturated heterocycles. The number of amides is 1. The molecule has 0 aromatic heterocycles. The summed E-state index contributed by atoms with van der Waals surface area (Å²) in [5.74, 6) is -3.11. The summed E-state index contributed by atoms with van der Waals surface area (Å²) in [6, 6.07) is 0. The van der Waals surface area contributed by atoms with Crippen molar-refractivity contribution in [1.82, 2.24) is 5.32 Å². The lowest BCUT2D eigenvalue weighted by molar-refractivity contribution is -0.270. The first-order valence-electron chi connectivity index (χ1n) is 3.87. The number of rotatable bonds is 3. The van der Waals surface area contributed by atoms with Crippen molar-refractivity contribution in [2.45, 2.75) is 25.2 Å². The molecular formula is C7H10F3NO4. The van der Waals surface area contributed by atoms with Gasteiger partial charge in [0.1, 0.15) is 0 Å². The number of hydrogen-bond donors (Lipinski definition) is 2. The number of hydrogen-bond acceptors (Lipinski definition) is 4. The van der Waals surface area contributed by atoms with Crippen molar-refractivity contribution in [3.05, 3.63) is 0 Å². The number of ether oxygens (including phenoxy) is 1. The largest absolute Gasteiger partial charge is 0.465 e. The zero-order chi connectivity index (χ0) is 12.3. The lowest BCUT2D eigenvalue weighted by Crippen LogP contribution is -2.64. The fourth-order valence-corrected chi connectivity index (χ4v) is 0.675. The molecule has 0 unspecified atom stereocenters. The number of carbonyl (C=O) groups excluding carboxylic acids is 2. The van der Waals surface area contributed by atoms with E-state index in [1.54, 1.807) is 0 Å². The number of aliphatic hydroxyl groups is 1. The van der Waals surface area contributed by atoms with Gasteiger partial charge in [-0.15, -0.1) is 0 Å². The van der Waals surface area contributed by atoms with Gasteiger partial charge in [0.05, 0.1) is 7.11 Å². The van der Waals surface area contributed by atoms with Gasteiger partial charge in [0.25, 0.3) is 0 Å². The van der Waals surface area contributed by atoms with E-state index in [2.05, 4.69) is 4.74 Å². The van der Waals surface area contributed by atoms with Crippen molar-refractivity contribution in [2.75, 3.05) is 7.11 Å². The minimum Gasteiger partial charge on any atom is -0.465 e. The molecule has 8 heteroatoms. The molecule has 0 aliphatic heterocycles. The van der Waals surface area contributed by atoms with Crippen LogP contribution in [-0.2, 0) is 14.3 Å². The van der Waals surface area contributed by atoms with Crippen LogP contribution in [0.25, 0.3) is 0 Å². The summed E-state index contributed by atoms with van der Waals surface area (Å²) >= 11 is 0. The molecule has 15 heavy (non-hydrogen) atoms. The molecule has 0 saturated carbocycles. The van der Waals surface area contributed by atoms with Gasteiger partial charge in [0.15, 0.2) is 0 Å². The average molecular weight is 229 g/mol. The molecule has 0 radical (unpaired) electrons. The van der Waals surface area contributed by atoms with E-state index in [4.69, 9.17) is 5.11 Å². The van der Waals surface area contributed by atoms with Crippen LogP contribution in [-0.4, -0.2) is 36.0 Å². The van der Waals surface area contributed by atoms with Crippen molar-refractivity contribution >= 4 is 11.9 Å². The second kappa shape index (κ2) is 4.47. The van der Waals surface area contributed by atoms with Gasteiger partial charge in [-0.1, -0.05) is 6.92 Å². The van der Waals surface area contributed by atoms with E-state index in [9.17, 15) is 22.8 Å². The molecule has 0 aromatic carbocycles. The van der Waals surface area contributed by atoms with E-state index in [1.165, 1.54) is 6.92 Å². The Kier molecular flexibility index (Phi) is 4.08. The highest BCUT2D eigenvalue weighted by Crippen LogP contribution is 2.29. The predicted octanol–water partition coefficient (Wildman–Crippen LogP) is -0.0635. The van der Waals surface area contributed by atoms with Crippen LogP contribution < -0.4 is 5.32 Å². The predicted molar refractivity (Wildman–Crippen MR) is 41.5 cm³/mol. The summed E-state index contributed by atoms with van der Waals surface area (Å²) in [5, 5.41) is 10.1. The van der Waals surface area contributed by atoms with Gasteiger partial charge in [-0.25, -0.2) is 4.79 Å². The second-order valence-corrected chi connectivity index (χ2v) is 2.60. The molecule has 0 spiro atoms. The van der Waals surface area contributed by atoms with Crippen molar-refractivity contribution < 1.29 is 32.6 Å². The topological polar surface area (TPSA) is 75.6 Å². The van der Waals surface area contributed by atoms with Crippen LogP contribution in [0.15, 0.2) is 0 Å². The maximum Gasteiger partial charge on any atom is 0.448 e. The molecule has 1 atom stereocenters. The molecule has 0 aliphatic carbocycles. The van der Waals surface area contributed by atoms with Crippen molar-refractivity contribution in [3.8, 4) is 0 Å². The van der Waals surface area contributed by atoms with E-state index < -0.39 is 23.8 Å². The molecule has 0 heterocycles. The average Bonchev–Trinajstić information content (AvgIpc) is 2.14. The minimum atomic E-state index is -5.34. The number of esters is 1. The van der Waals surface area contributed by atoms with Crippen LogP contribution >= 0.6 is 0 Å². The van der Waals surface area contributed by atoms with Crippen LogP contribution in [0.5, 0.6) is 0 Å². The van der Waals surface area contributed by atoms with Crippen LogP contribution in [0, 0.1) is 0 Å². The van der Waals surface area contributed by atoms with Gasteiger partial charge in [0.2, 0.25) is 5.91 Å². The molecule has 0 rings (SSSR count). The minimum absolute atomic E-state index is 0.310. The van der Waals surface area contributed by atoms with E-state index in [0.29, 0.717) is 7.11 Å². The number of nitrogens with one attached hydrogen (secondary N) is 1. The Bertz CT molecular complexity index is 265. The fourth-order valence-electron chi connectivity index (χ4n) is 0.675. The lowest BCUT2D eigenvalue weighted by Gasteiger charge is -2.27. The van der Waals surface area contributed by atoms with Gasteiger partial charge in [0, 0.05) is 6.42 Å². The first-order valence-corrected chi connectivity index (χ1v) is 3.87. The van der Waals surface area contributed by atoms with Gasteiger partial charge >= 0.3 is 17.9 Å². The zero-order valence-corrected chi connectivity index (χ0v) is 8.01. The Morgan fingerprint density at radius 3 is 2.13 bits per heavy atom. The lowest BCUT2D eigenvalue weighted by atomic mass is 10.2. The molecule has 88 valence electrons. The molecule has 0 aliphatic rings. The fraction of sp³-hybridized carbons (Fsp3) is 0.714. The SMILES string of the molecule is CCC(=O)N[C@](O)(C(=O)OC)C(F)(F)F. The third-order valence-corrected chi connectivity index (χ3v) is 1.53. The first-order chi connectivity index (χ1) is 6.69. The zero-order valence-electron chi connectivity index (χ0n) is 8.01. The Balaban J connectivity index is 5.04. The molecule has 0 bridgehead atoms. The Morgan fingerprint density at radius 1 is 1.40 bits per heavy atom. The highest BCUT2D eigenvalue weighted by atomic mass is 19.4. The molecule has 2 N–H and O–H groups in total. The third kappa shape index (κ3) is 2.82. The summed E-state index contributed by atoms with van der Waals surface area (Å²) in [5.41, 5.74) is -3.99. The quantitative estimate of drug-likeness (QED) is 0.525. The van der Waals surface area contributed by atoms with Crippen LogP contribution in [0.1, 0.15) is 13.3 Å². The smallest absolute Gasteiger partial charge is 0.448 e. The maximum absolute atomic E-state index is 12.3. The van der Waals surface area contributed by atoms with Gasteiger partial charge in [-0.3, -0.25) is 4.79 Å². The van der Waals surface area contributed by atoms with Gasteiger partial charge in [-0.05, 0) is 0 Å². The molecule has 0 aromatic rings. The first kappa shape index (κ1) is 13.7. The van der Waals surface area contributed by atoms with E-state index in [1.807, 2.05) is 0 Å². The van der Waals surface area contributed by atoms with Crippen LogP contribution in [0.4, 0.5) is 13.2 Å². The summed E-state index contributed by atoms with van der Waals surface area (Å²) in [7, 11) is 0.664. The second-order valence-electron chi connectivity index (χ2n) is 2.60. The van der Waals surface area contributed by atoms with E-state index in [0.717, 1.165) is 5.32 Å². The summed E-state index contributed by atoms with van der Waals surface area (Å²) in [6.07, 6.45) is -5.65. The Labute approximate surface area is 83.2 Å². The highest BCUT2D eigenvalue weighted by Gasteiger charge is 2.62. The number of alkyl halides is 3. The van der Waals surface area contributed by atoms with E-state index >= 15 is 0 Å². The normalized spacial score (nSPS) is 15.3. The van der Waals surface area contributed by atoms with Crippen molar-refractivity contribution in [3.63, 3.8) is 0 Å². The van der Waals surface area contributed by atoms with Gasteiger partial charge in [-0.2, -0.15) is 13.2 Å². The molecule has 0 fully saturated rings. The maximum atomic E-state index is 12.3. The molecule has 1 amide bonds. The summed E-state index contributed by atoms with van der Waals surface area (Å²) < 4.78 is 40.6. The van der Waals surface area contributed by atoms with Crippen molar-refractivity contribution in [2.24, 2.45) is 0 Å². The van der Waals surface area contributed by atoms with Gasteiger partial charge < -0.3 is 15.2 Å². The molecular weight excluding hydrogens is 219 g/mol. The summed E-state index contributed by atoms with van der Waals surface area (Å²) in [6.45, 7) is 1.27. The number of halogens is 3. The Morgan fingerprint density at radius 2 is 1.87 bits per heavy atom. The number of methoxy groups -OCH3 is 1. The van der Waals surface area contributed by atoms with Crippen LogP contribution in [0.2, 0.25) is 0 Å². The Hall–Kier alpha value is -1.31. The van der Waals surface area contributed by atoms with Crippen molar-refractivity contribution in [1.29, 1.82) is 0 Å². The van der Waals surface area contributed by atoms with Crippen LogP contribution in [0.3, 0.4) is 0 Å². The van der Waals surface area contributed by atoms with E-state index in [-0.39, 0.29) is 6.42 Å².